The quantitative estimate of drug-likeness (QED) is 0.655. The molecule has 0 spiro atoms. The average molecular weight is 427 g/mol. The highest BCUT2D eigenvalue weighted by Gasteiger charge is 2.19. The maximum absolute atomic E-state index is 12.2. The molecule has 25 heavy (non-hydrogen) atoms. The standard InChI is InChI=1S/C16H19BrN4O3S/c1-10-3-4-13(7-11(10)2)21-15(22)5-6-20-25(23,24)14-8-12(17)9-19-16(14)18/h3-4,7-9,20H,5-6H2,1-2H3,(H2,18,19)(H,21,22). The Labute approximate surface area is 155 Å². The van der Waals surface area contributed by atoms with E-state index in [9.17, 15) is 13.2 Å². The number of aromatic nitrogens is 1. The fraction of sp³-hybridized carbons (Fsp3) is 0.250. The molecule has 1 heterocycles. The van der Waals surface area contributed by atoms with E-state index in [0.29, 0.717) is 10.2 Å². The number of benzene rings is 1. The summed E-state index contributed by atoms with van der Waals surface area (Å²) in [6.07, 6.45) is 1.40. The summed E-state index contributed by atoms with van der Waals surface area (Å²) in [7, 11) is -3.84. The van der Waals surface area contributed by atoms with Gasteiger partial charge in [0.25, 0.3) is 0 Å². The number of nitrogens with zero attached hydrogens (tertiary/aromatic N) is 1. The smallest absolute Gasteiger partial charge is 0.244 e. The molecule has 134 valence electrons. The number of halogens is 1. The predicted octanol–water partition coefficient (Wildman–Crippen LogP) is 2.35. The number of aryl methyl sites for hydroxylation is 2. The Morgan fingerprint density at radius 3 is 2.64 bits per heavy atom. The fourth-order valence-corrected chi connectivity index (χ4v) is 3.69. The van der Waals surface area contributed by atoms with Crippen LogP contribution in [0.2, 0.25) is 0 Å². The molecule has 0 aliphatic rings. The van der Waals surface area contributed by atoms with Gasteiger partial charge in [-0.05, 0) is 59.1 Å². The first kappa shape index (κ1) is 19.4. The van der Waals surface area contributed by atoms with E-state index in [4.69, 9.17) is 5.73 Å². The second-order valence-electron chi connectivity index (χ2n) is 5.53. The van der Waals surface area contributed by atoms with Gasteiger partial charge in [0.1, 0.15) is 10.7 Å². The first-order valence-corrected chi connectivity index (χ1v) is 9.74. The molecule has 1 amide bonds. The number of nitrogens with one attached hydrogen (secondary N) is 2. The summed E-state index contributed by atoms with van der Waals surface area (Å²) in [4.78, 5) is 15.6. The molecule has 0 fully saturated rings. The van der Waals surface area contributed by atoms with Crippen LogP contribution in [-0.2, 0) is 14.8 Å². The lowest BCUT2D eigenvalue weighted by Crippen LogP contribution is -2.28. The summed E-state index contributed by atoms with van der Waals surface area (Å²) in [5.74, 6) is -0.387. The van der Waals surface area contributed by atoms with E-state index in [1.54, 1.807) is 6.07 Å². The van der Waals surface area contributed by atoms with Crippen molar-refractivity contribution in [3.63, 3.8) is 0 Å². The normalized spacial score (nSPS) is 11.3. The van der Waals surface area contributed by atoms with Gasteiger partial charge in [-0.15, -0.1) is 0 Å². The maximum Gasteiger partial charge on any atom is 0.244 e. The van der Waals surface area contributed by atoms with E-state index < -0.39 is 10.0 Å². The van der Waals surface area contributed by atoms with E-state index >= 15 is 0 Å². The van der Waals surface area contributed by atoms with Crippen LogP contribution in [0.3, 0.4) is 0 Å². The molecule has 9 heteroatoms. The Balaban J connectivity index is 1.94. The van der Waals surface area contributed by atoms with E-state index in [-0.39, 0.29) is 29.6 Å². The number of nitrogen functional groups attached to an aromatic ring is 1. The van der Waals surface area contributed by atoms with Crippen LogP contribution in [0.25, 0.3) is 0 Å². The maximum atomic E-state index is 12.2. The van der Waals surface area contributed by atoms with Gasteiger partial charge in [-0.3, -0.25) is 4.79 Å². The minimum absolute atomic E-state index is 0.00646. The van der Waals surface area contributed by atoms with Crippen LogP contribution in [0.1, 0.15) is 17.5 Å². The number of rotatable bonds is 6. The number of amides is 1. The third-order valence-electron chi connectivity index (χ3n) is 3.57. The monoisotopic (exact) mass is 426 g/mol. The van der Waals surface area contributed by atoms with Gasteiger partial charge >= 0.3 is 0 Å². The molecule has 0 unspecified atom stereocenters. The minimum Gasteiger partial charge on any atom is -0.383 e. The van der Waals surface area contributed by atoms with Crippen molar-refractivity contribution in [3.05, 3.63) is 46.1 Å². The Morgan fingerprint density at radius 1 is 1.24 bits per heavy atom. The summed E-state index contributed by atoms with van der Waals surface area (Å²) >= 11 is 3.15. The Bertz CT molecular complexity index is 900. The zero-order valence-electron chi connectivity index (χ0n) is 13.8. The lowest BCUT2D eigenvalue weighted by atomic mass is 10.1. The van der Waals surface area contributed by atoms with E-state index in [0.717, 1.165) is 11.1 Å². The molecule has 0 radical (unpaired) electrons. The van der Waals surface area contributed by atoms with Gasteiger partial charge in [0, 0.05) is 29.3 Å². The van der Waals surface area contributed by atoms with Crippen molar-refractivity contribution in [2.75, 3.05) is 17.6 Å². The van der Waals surface area contributed by atoms with Crippen LogP contribution >= 0.6 is 15.9 Å². The number of nitrogens with two attached hydrogens (primary N) is 1. The first-order chi connectivity index (χ1) is 11.7. The summed E-state index contributed by atoms with van der Waals surface area (Å²) in [6, 6.07) is 6.94. The van der Waals surface area contributed by atoms with Crippen molar-refractivity contribution in [2.45, 2.75) is 25.2 Å². The summed E-state index contributed by atoms with van der Waals surface area (Å²) in [6.45, 7) is 3.89. The molecule has 2 aromatic rings. The number of hydrogen-bond acceptors (Lipinski definition) is 5. The van der Waals surface area contributed by atoms with Gasteiger partial charge in [-0.25, -0.2) is 18.1 Å². The molecule has 2 rings (SSSR count). The molecule has 0 aliphatic heterocycles. The molecule has 1 aromatic carbocycles. The van der Waals surface area contributed by atoms with Crippen LogP contribution in [0.4, 0.5) is 11.5 Å². The molecular formula is C16H19BrN4O3S. The van der Waals surface area contributed by atoms with Crippen LogP contribution in [-0.4, -0.2) is 25.9 Å². The molecule has 0 bridgehead atoms. The highest BCUT2D eigenvalue weighted by molar-refractivity contribution is 9.10. The second kappa shape index (κ2) is 7.94. The molecule has 0 aliphatic carbocycles. The van der Waals surface area contributed by atoms with Crippen molar-refractivity contribution in [1.82, 2.24) is 9.71 Å². The highest BCUT2D eigenvalue weighted by atomic mass is 79.9. The number of sulfonamides is 1. The summed E-state index contributed by atoms with van der Waals surface area (Å²) < 4.78 is 27.3. The van der Waals surface area contributed by atoms with Crippen molar-refractivity contribution < 1.29 is 13.2 Å². The van der Waals surface area contributed by atoms with Gasteiger partial charge in [0.05, 0.1) is 0 Å². The van der Waals surface area contributed by atoms with Crippen molar-refractivity contribution in [3.8, 4) is 0 Å². The number of anilines is 2. The molecule has 7 nitrogen and oxygen atoms in total. The third kappa shape index (κ3) is 5.25. The summed E-state index contributed by atoms with van der Waals surface area (Å²) in [5.41, 5.74) is 8.48. The third-order valence-corrected chi connectivity index (χ3v) is 5.50. The average Bonchev–Trinajstić information content (AvgIpc) is 2.53. The van der Waals surface area contributed by atoms with E-state index in [2.05, 4.69) is 31.0 Å². The number of carbonyl (C=O) groups is 1. The highest BCUT2D eigenvalue weighted by Crippen LogP contribution is 2.20. The lowest BCUT2D eigenvalue weighted by Gasteiger charge is -2.10. The largest absolute Gasteiger partial charge is 0.383 e. The number of hydrogen-bond donors (Lipinski definition) is 3. The van der Waals surface area contributed by atoms with Gasteiger partial charge in [-0.2, -0.15) is 0 Å². The Hall–Kier alpha value is -1.97. The second-order valence-corrected chi connectivity index (χ2v) is 8.18. The van der Waals surface area contributed by atoms with Gasteiger partial charge < -0.3 is 11.1 Å². The molecular weight excluding hydrogens is 408 g/mol. The lowest BCUT2D eigenvalue weighted by molar-refractivity contribution is -0.116. The van der Waals surface area contributed by atoms with Crippen LogP contribution in [0.5, 0.6) is 0 Å². The van der Waals surface area contributed by atoms with Crippen LogP contribution < -0.4 is 15.8 Å². The molecule has 0 saturated heterocycles. The molecule has 0 saturated carbocycles. The van der Waals surface area contributed by atoms with Crippen molar-refractivity contribution in [2.24, 2.45) is 0 Å². The van der Waals surface area contributed by atoms with Crippen molar-refractivity contribution >= 4 is 43.4 Å². The molecule has 1 aromatic heterocycles. The Kier molecular flexibility index (Phi) is 6.15. The summed E-state index contributed by atoms with van der Waals surface area (Å²) in [5, 5.41) is 2.74. The van der Waals surface area contributed by atoms with E-state index in [1.807, 2.05) is 26.0 Å². The molecule has 0 atom stereocenters. The minimum atomic E-state index is -3.84. The zero-order valence-corrected chi connectivity index (χ0v) is 16.2. The topological polar surface area (TPSA) is 114 Å². The SMILES string of the molecule is Cc1ccc(NC(=O)CCNS(=O)(=O)c2cc(Br)cnc2N)cc1C. The number of pyridine rings is 1. The van der Waals surface area contributed by atoms with Crippen LogP contribution in [0, 0.1) is 13.8 Å². The zero-order chi connectivity index (χ0) is 18.6. The van der Waals surface area contributed by atoms with Crippen molar-refractivity contribution in [1.29, 1.82) is 0 Å². The Morgan fingerprint density at radius 2 is 1.96 bits per heavy atom. The van der Waals surface area contributed by atoms with Gasteiger partial charge in [-0.1, -0.05) is 6.07 Å². The predicted molar refractivity (Wildman–Crippen MR) is 101 cm³/mol. The van der Waals surface area contributed by atoms with E-state index in [1.165, 1.54) is 12.3 Å². The van der Waals surface area contributed by atoms with Gasteiger partial charge in [0.15, 0.2) is 0 Å². The van der Waals surface area contributed by atoms with Gasteiger partial charge in [0.2, 0.25) is 15.9 Å². The molecule has 4 N–H and O–H groups in total. The fourth-order valence-electron chi connectivity index (χ4n) is 2.07. The first-order valence-electron chi connectivity index (χ1n) is 7.47. The number of carbonyl (C=O) groups excluding carboxylic acids is 1. The van der Waals surface area contributed by atoms with Crippen LogP contribution in [0.15, 0.2) is 39.8 Å².